The minimum absolute atomic E-state index is 0.234. The number of nitrogens with one attached hydrogen (secondary N) is 1. The van der Waals surface area contributed by atoms with Gasteiger partial charge in [-0.1, -0.05) is 41.9 Å². The number of nitrogens with two attached hydrogens (primary N) is 1. The van der Waals surface area contributed by atoms with Crippen molar-refractivity contribution in [2.45, 2.75) is 12.5 Å². The molecule has 2 heterocycles. The van der Waals surface area contributed by atoms with Gasteiger partial charge in [0.2, 0.25) is 5.91 Å². The van der Waals surface area contributed by atoms with Crippen LogP contribution in [0.5, 0.6) is 11.5 Å². The molecule has 41 heavy (non-hydrogen) atoms. The molecule has 0 bridgehead atoms. The number of nitrogen functional groups attached to an aromatic ring is 1. The third-order valence-corrected chi connectivity index (χ3v) is 6.77. The highest BCUT2D eigenvalue weighted by molar-refractivity contribution is 6.31. The molecule has 5 rings (SSSR count). The lowest BCUT2D eigenvalue weighted by Crippen LogP contribution is -2.34. The Morgan fingerprint density at radius 2 is 1.83 bits per heavy atom. The Balaban J connectivity index is 1.59. The van der Waals surface area contributed by atoms with Crippen molar-refractivity contribution in [3.05, 3.63) is 106 Å². The molecule has 0 saturated heterocycles. The fourth-order valence-corrected chi connectivity index (χ4v) is 4.67. The van der Waals surface area contributed by atoms with Crippen LogP contribution >= 0.6 is 11.6 Å². The molecule has 0 saturated carbocycles. The van der Waals surface area contributed by atoms with Crippen molar-refractivity contribution in [3.8, 4) is 28.3 Å². The molecular weight excluding hydrogens is 546 g/mol. The molecule has 0 radical (unpaired) electrons. The molecule has 3 aromatic carbocycles. The molecule has 0 aliphatic carbocycles. The van der Waals surface area contributed by atoms with Crippen LogP contribution in [-0.2, 0) is 11.2 Å². The van der Waals surface area contributed by atoms with Crippen molar-refractivity contribution in [1.82, 2.24) is 24.8 Å². The summed E-state index contributed by atoms with van der Waals surface area (Å²) in [7, 11) is 3.01. The predicted molar refractivity (Wildman–Crippen MR) is 156 cm³/mol. The van der Waals surface area contributed by atoms with Crippen LogP contribution in [0.25, 0.3) is 16.8 Å². The Morgan fingerprint density at radius 1 is 1.02 bits per heavy atom. The van der Waals surface area contributed by atoms with E-state index < -0.39 is 17.5 Å². The van der Waals surface area contributed by atoms with Gasteiger partial charge in [-0.15, -0.1) is 5.10 Å². The summed E-state index contributed by atoms with van der Waals surface area (Å²) in [6.45, 7) is 0. The smallest absolute Gasteiger partial charge is 0.252 e. The zero-order valence-electron chi connectivity index (χ0n) is 22.2. The summed E-state index contributed by atoms with van der Waals surface area (Å²) >= 11 is 6.33. The first-order valence-electron chi connectivity index (χ1n) is 12.5. The number of pyridine rings is 1. The summed E-state index contributed by atoms with van der Waals surface area (Å²) in [5, 5.41) is 14.7. The number of ether oxygens (including phenoxy) is 2. The van der Waals surface area contributed by atoms with Crippen LogP contribution in [-0.4, -0.2) is 44.9 Å². The first-order chi connectivity index (χ1) is 19.9. The molecule has 0 fully saturated rings. The van der Waals surface area contributed by atoms with Gasteiger partial charge in [0.15, 0.2) is 0 Å². The van der Waals surface area contributed by atoms with Crippen LogP contribution in [0.1, 0.15) is 11.6 Å². The molecule has 0 aliphatic rings. The Labute approximate surface area is 240 Å². The largest absolute Gasteiger partial charge is 0.497 e. The summed E-state index contributed by atoms with van der Waals surface area (Å²) in [5.41, 5.74) is 8.93. The van der Waals surface area contributed by atoms with Crippen LogP contribution in [0.3, 0.4) is 0 Å². The number of hydrogen-bond donors (Lipinski definition) is 2. The van der Waals surface area contributed by atoms with Crippen LogP contribution in [0.15, 0.2) is 90.1 Å². The number of amides is 1. The Kier molecular flexibility index (Phi) is 7.97. The fraction of sp³-hybridized carbons (Fsp3) is 0.138. The maximum absolute atomic E-state index is 13.7. The molecule has 1 amide bonds. The zero-order valence-corrected chi connectivity index (χ0v) is 22.9. The molecule has 5 aromatic rings. The number of rotatable bonds is 9. The second-order valence-corrected chi connectivity index (χ2v) is 9.50. The molecule has 0 spiro atoms. The van der Waals surface area contributed by atoms with Gasteiger partial charge in [-0.05, 0) is 46.3 Å². The average molecular weight is 572 g/mol. The summed E-state index contributed by atoms with van der Waals surface area (Å²) in [4.78, 5) is 27.5. The molecular formula is C29H26ClN7O4. The lowest BCUT2D eigenvalue weighted by Gasteiger charge is -2.22. The van der Waals surface area contributed by atoms with E-state index >= 15 is 0 Å². The van der Waals surface area contributed by atoms with Gasteiger partial charge >= 0.3 is 0 Å². The summed E-state index contributed by atoms with van der Waals surface area (Å²) in [5.74, 6) is 0.468. The van der Waals surface area contributed by atoms with Crippen molar-refractivity contribution < 1.29 is 14.3 Å². The monoisotopic (exact) mass is 571 g/mol. The van der Waals surface area contributed by atoms with Crippen LogP contribution in [0.4, 0.5) is 11.4 Å². The van der Waals surface area contributed by atoms with E-state index in [9.17, 15) is 9.59 Å². The van der Waals surface area contributed by atoms with Gasteiger partial charge in [0, 0.05) is 34.7 Å². The van der Waals surface area contributed by atoms with Crippen LogP contribution < -0.4 is 26.1 Å². The first-order valence-corrected chi connectivity index (χ1v) is 12.9. The SMILES string of the molecule is COc1ccc(NC(=O)C(Cc2ccccc2)n2cc(OC)c(-c3cc(Cl)ccc3-n3cnnn3)cc2=O)c(N)c1. The molecule has 0 aliphatic heterocycles. The van der Waals surface area contributed by atoms with E-state index in [-0.39, 0.29) is 6.42 Å². The lowest BCUT2D eigenvalue weighted by molar-refractivity contribution is -0.119. The van der Waals surface area contributed by atoms with Gasteiger partial charge in [-0.25, -0.2) is 0 Å². The number of carbonyl (C=O) groups is 1. The minimum atomic E-state index is -0.937. The topological polar surface area (TPSA) is 139 Å². The summed E-state index contributed by atoms with van der Waals surface area (Å²) in [6, 6.07) is 20.0. The van der Waals surface area contributed by atoms with Crippen LogP contribution in [0, 0.1) is 0 Å². The van der Waals surface area contributed by atoms with E-state index in [1.807, 2.05) is 30.3 Å². The molecule has 1 unspecified atom stereocenters. The van der Waals surface area contributed by atoms with E-state index in [0.29, 0.717) is 44.7 Å². The van der Waals surface area contributed by atoms with Crippen molar-refractivity contribution in [1.29, 1.82) is 0 Å². The summed E-state index contributed by atoms with van der Waals surface area (Å²) in [6.07, 6.45) is 3.19. The van der Waals surface area contributed by atoms with Crippen molar-refractivity contribution >= 4 is 28.9 Å². The molecule has 11 nitrogen and oxygen atoms in total. The van der Waals surface area contributed by atoms with E-state index in [2.05, 4.69) is 20.8 Å². The van der Waals surface area contributed by atoms with Crippen molar-refractivity contribution in [2.24, 2.45) is 0 Å². The molecule has 12 heteroatoms. The van der Waals surface area contributed by atoms with Gasteiger partial charge in [-0.3, -0.25) is 14.2 Å². The van der Waals surface area contributed by atoms with Crippen molar-refractivity contribution in [2.75, 3.05) is 25.3 Å². The number of methoxy groups -OCH3 is 2. The Bertz CT molecular complexity index is 1740. The number of benzene rings is 3. The summed E-state index contributed by atoms with van der Waals surface area (Å²) < 4.78 is 13.7. The third kappa shape index (κ3) is 5.89. The third-order valence-electron chi connectivity index (χ3n) is 6.54. The van der Waals surface area contributed by atoms with Crippen molar-refractivity contribution in [3.63, 3.8) is 0 Å². The van der Waals surface area contributed by atoms with Gasteiger partial charge in [0.05, 0.1) is 37.5 Å². The second-order valence-electron chi connectivity index (χ2n) is 9.06. The molecule has 1 atom stereocenters. The quantitative estimate of drug-likeness (QED) is 0.251. The number of nitrogens with zero attached hydrogens (tertiary/aromatic N) is 5. The van der Waals surface area contributed by atoms with Gasteiger partial charge < -0.3 is 20.5 Å². The fourth-order valence-electron chi connectivity index (χ4n) is 4.49. The van der Waals surface area contributed by atoms with E-state index in [1.165, 1.54) is 42.1 Å². The van der Waals surface area contributed by atoms with Gasteiger partial charge in [0.25, 0.3) is 5.56 Å². The van der Waals surface area contributed by atoms with E-state index in [4.69, 9.17) is 26.8 Å². The van der Waals surface area contributed by atoms with E-state index in [1.54, 1.807) is 36.4 Å². The highest BCUT2D eigenvalue weighted by atomic mass is 35.5. The number of halogens is 1. The molecule has 3 N–H and O–H groups in total. The lowest BCUT2D eigenvalue weighted by atomic mass is 10.0. The number of hydrogen-bond acceptors (Lipinski definition) is 8. The maximum atomic E-state index is 13.7. The Hall–Kier alpha value is -5.16. The van der Waals surface area contributed by atoms with Gasteiger partial charge in [-0.2, -0.15) is 4.68 Å². The predicted octanol–water partition coefficient (Wildman–Crippen LogP) is 4.17. The Morgan fingerprint density at radius 3 is 2.51 bits per heavy atom. The zero-order chi connectivity index (χ0) is 28.9. The average Bonchev–Trinajstić information content (AvgIpc) is 3.52. The number of aromatic nitrogens is 5. The molecule has 2 aromatic heterocycles. The maximum Gasteiger partial charge on any atom is 0.252 e. The normalized spacial score (nSPS) is 11.6. The minimum Gasteiger partial charge on any atom is -0.497 e. The highest BCUT2D eigenvalue weighted by Gasteiger charge is 2.25. The first kappa shape index (κ1) is 27.4. The highest BCUT2D eigenvalue weighted by Crippen LogP contribution is 2.35. The number of anilines is 2. The number of carbonyl (C=O) groups excluding carboxylic acids is 1. The van der Waals surface area contributed by atoms with Crippen LogP contribution in [0.2, 0.25) is 5.02 Å². The van der Waals surface area contributed by atoms with Gasteiger partial charge in [0.1, 0.15) is 23.9 Å². The standard InChI is InChI=1S/C29H26ClN7O4/c1-40-20-9-10-24(23(31)14-20)33-29(39)26(12-18-6-4-3-5-7-18)36-16-27(41-2)22(15-28(36)38)21-13-19(30)8-11-25(21)37-17-32-34-35-37/h3-11,13-17,26H,12,31H2,1-2H3,(H,33,39). The van der Waals surface area contributed by atoms with E-state index in [0.717, 1.165) is 5.56 Å². The number of tetrazole rings is 1. The molecule has 208 valence electrons. The second kappa shape index (κ2) is 11.9.